The Balaban J connectivity index is 2.61. The molecule has 1 aromatic carbocycles. The average Bonchev–Trinajstić information content (AvgIpc) is 2.37. The lowest BCUT2D eigenvalue weighted by atomic mass is 10.1. The lowest BCUT2D eigenvalue weighted by Crippen LogP contribution is -2.17. The largest absolute Gasteiger partial charge is 0.306 e. The van der Waals surface area contributed by atoms with Gasteiger partial charge >= 0.3 is 0 Å². The maximum Gasteiger partial charge on any atom is 0.264 e. The van der Waals surface area contributed by atoms with E-state index in [9.17, 15) is 4.79 Å². The highest BCUT2D eigenvalue weighted by molar-refractivity contribution is 14.1. The number of halogens is 3. The summed E-state index contributed by atoms with van der Waals surface area (Å²) in [5.74, 6) is 0.874. The Labute approximate surface area is 140 Å². The topological polar surface area (TPSA) is 45.8 Å². The van der Waals surface area contributed by atoms with Crippen LogP contribution in [0.25, 0.3) is 11.4 Å². The van der Waals surface area contributed by atoms with Crippen LogP contribution in [0.2, 0.25) is 10.0 Å². The number of benzene rings is 1. The van der Waals surface area contributed by atoms with E-state index in [1.807, 2.05) is 22.6 Å². The Hall–Kier alpha value is -0.590. The van der Waals surface area contributed by atoms with E-state index in [0.29, 0.717) is 30.9 Å². The zero-order valence-electron chi connectivity index (χ0n) is 11.0. The minimum atomic E-state index is -0.151. The van der Waals surface area contributed by atoms with E-state index in [2.05, 4.69) is 23.8 Å². The van der Waals surface area contributed by atoms with Crippen LogP contribution in [0.3, 0.4) is 0 Å². The van der Waals surface area contributed by atoms with E-state index in [1.165, 1.54) is 0 Å². The Morgan fingerprint density at radius 2 is 2.05 bits per heavy atom. The molecule has 106 valence electrons. The Morgan fingerprint density at radius 3 is 2.70 bits per heavy atom. The van der Waals surface area contributed by atoms with Crippen molar-refractivity contribution in [3.8, 4) is 11.4 Å². The fourth-order valence-corrected chi connectivity index (χ4v) is 2.71. The molecule has 0 saturated carbocycles. The SMILES string of the molecule is CC(C)Cc1nc(-c2cccc(Cl)c2Cl)[nH]c(=O)c1I. The molecule has 0 unspecified atom stereocenters. The van der Waals surface area contributed by atoms with E-state index < -0.39 is 0 Å². The van der Waals surface area contributed by atoms with Crippen molar-refractivity contribution in [2.45, 2.75) is 20.3 Å². The molecule has 3 nitrogen and oxygen atoms in total. The minimum absolute atomic E-state index is 0.151. The first-order valence-electron chi connectivity index (χ1n) is 6.13. The van der Waals surface area contributed by atoms with Gasteiger partial charge in [0.1, 0.15) is 5.82 Å². The van der Waals surface area contributed by atoms with Gasteiger partial charge in [0.2, 0.25) is 0 Å². The molecule has 0 aliphatic rings. The van der Waals surface area contributed by atoms with Crippen LogP contribution in [0.15, 0.2) is 23.0 Å². The van der Waals surface area contributed by atoms with Crippen molar-refractivity contribution in [3.63, 3.8) is 0 Å². The summed E-state index contributed by atoms with van der Waals surface area (Å²) in [6.45, 7) is 4.18. The van der Waals surface area contributed by atoms with Gasteiger partial charge in [-0.15, -0.1) is 0 Å². The standard InChI is InChI=1S/C14H13Cl2IN2O/c1-7(2)6-10-12(17)14(20)19-13(18-10)8-4-3-5-9(15)11(8)16/h3-5,7H,6H2,1-2H3,(H,18,19,20). The number of rotatable bonds is 3. The second-order valence-corrected chi connectivity index (χ2v) is 6.74. The number of hydrogen-bond donors (Lipinski definition) is 1. The zero-order valence-corrected chi connectivity index (χ0v) is 14.7. The van der Waals surface area contributed by atoms with E-state index in [0.717, 1.165) is 12.1 Å². The van der Waals surface area contributed by atoms with Gasteiger partial charge in [0.15, 0.2) is 0 Å². The first-order chi connectivity index (χ1) is 9.40. The van der Waals surface area contributed by atoms with Crippen LogP contribution in [0.1, 0.15) is 19.5 Å². The molecule has 0 fully saturated rings. The zero-order chi connectivity index (χ0) is 14.9. The smallest absolute Gasteiger partial charge is 0.264 e. The third-order valence-corrected chi connectivity index (χ3v) is 4.67. The van der Waals surface area contributed by atoms with Gasteiger partial charge in [0.25, 0.3) is 5.56 Å². The molecule has 2 aromatic rings. The molecular weight excluding hydrogens is 410 g/mol. The molecule has 1 aromatic heterocycles. The van der Waals surface area contributed by atoms with Gasteiger partial charge in [-0.05, 0) is 47.1 Å². The molecule has 20 heavy (non-hydrogen) atoms. The monoisotopic (exact) mass is 422 g/mol. The van der Waals surface area contributed by atoms with Crippen molar-refractivity contribution in [1.29, 1.82) is 0 Å². The molecule has 0 radical (unpaired) electrons. The first-order valence-corrected chi connectivity index (χ1v) is 7.96. The van der Waals surface area contributed by atoms with Gasteiger partial charge in [-0.3, -0.25) is 4.79 Å². The maximum absolute atomic E-state index is 12.0. The number of H-pyrrole nitrogens is 1. The molecule has 0 bridgehead atoms. The van der Waals surface area contributed by atoms with Crippen molar-refractivity contribution in [1.82, 2.24) is 9.97 Å². The molecular formula is C14H13Cl2IN2O. The maximum atomic E-state index is 12.0. The van der Waals surface area contributed by atoms with Crippen molar-refractivity contribution in [3.05, 3.63) is 47.9 Å². The highest BCUT2D eigenvalue weighted by atomic mass is 127. The molecule has 0 aliphatic heterocycles. The average molecular weight is 423 g/mol. The van der Waals surface area contributed by atoms with E-state index >= 15 is 0 Å². The van der Waals surface area contributed by atoms with Crippen molar-refractivity contribution >= 4 is 45.8 Å². The summed E-state index contributed by atoms with van der Waals surface area (Å²) in [6, 6.07) is 5.27. The fraction of sp³-hybridized carbons (Fsp3) is 0.286. The summed E-state index contributed by atoms with van der Waals surface area (Å²) in [7, 11) is 0. The van der Waals surface area contributed by atoms with E-state index in [-0.39, 0.29) is 5.56 Å². The lowest BCUT2D eigenvalue weighted by molar-refractivity contribution is 0.631. The molecule has 0 amide bonds. The molecule has 2 rings (SSSR count). The van der Waals surface area contributed by atoms with Gasteiger partial charge in [0, 0.05) is 5.56 Å². The normalized spacial score (nSPS) is 11.1. The summed E-state index contributed by atoms with van der Waals surface area (Å²) in [6.07, 6.45) is 0.743. The molecule has 0 aliphatic carbocycles. The molecule has 0 saturated heterocycles. The van der Waals surface area contributed by atoms with Crippen molar-refractivity contribution in [2.24, 2.45) is 5.92 Å². The summed E-state index contributed by atoms with van der Waals surface area (Å²) in [4.78, 5) is 19.3. The second-order valence-electron chi connectivity index (χ2n) is 4.87. The summed E-state index contributed by atoms with van der Waals surface area (Å²) < 4.78 is 0.623. The second kappa shape index (κ2) is 6.45. The van der Waals surface area contributed by atoms with E-state index in [1.54, 1.807) is 18.2 Å². The summed E-state index contributed by atoms with van der Waals surface area (Å²) >= 11 is 14.2. The predicted octanol–water partition coefficient (Wildman–Crippen LogP) is 4.55. The highest BCUT2D eigenvalue weighted by Gasteiger charge is 2.14. The van der Waals surface area contributed by atoms with Crippen LogP contribution in [0.5, 0.6) is 0 Å². The van der Waals surface area contributed by atoms with Crippen LogP contribution < -0.4 is 5.56 Å². The molecule has 1 heterocycles. The molecule has 1 N–H and O–H groups in total. The Morgan fingerprint density at radius 1 is 1.35 bits per heavy atom. The molecule has 6 heteroatoms. The van der Waals surface area contributed by atoms with Crippen molar-refractivity contribution in [2.75, 3.05) is 0 Å². The van der Waals surface area contributed by atoms with Gasteiger partial charge in [-0.1, -0.05) is 43.1 Å². The van der Waals surface area contributed by atoms with Gasteiger partial charge in [-0.2, -0.15) is 0 Å². The minimum Gasteiger partial charge on any atom is -0.306 e. The predicted molar refractivity (Wildman–Crippen MR) is 91.6 cm³/mol. The first kappa shape index (κ1) is 15.8. The number of aromatic amines is 1. The highest BCUT2D eigenvalue weighted by Crippen LogP contribution is 2.31. The summed E-state index contributed by atoms with van der Waals surface area (Å²) in [5.41, 5.74) is 1.27. The van der Waals surface area contributed by atoms with Crippen molar-refractivity contribution < 1.29 is 0 Å². The number of nitrogens with zero attached hydrogens (tertiary/aromatic N) is 1. The van der Waals surface area contributed by atoms with Gasteiger partial charge in [0.05, 0.1) is 19.3 Å². The third kappa shape index (κ3) is 3.35. The van der Waals surface area contributed by atoms with E-state index in [4.69, 9.17) is 23.2 Å². The van der Waals surface area contributed by atoms with Crippen LogP contribution in [0.4, 0.5) is 0 Å². The van der Waals surface area contributed by atoms with Crippen LogP contribution in [0, 0.1) is 9.49 Å². The fourth-order valence-electron chi connectivity index (χ4n) is 1.84. The van der Waals surface area contributed by atoms with Crippen LogP contribution in [-0.4, -0.2) is 9.97 Å². The van der Waals surface area contributed by atoms with Crippen LogP contribution in [-0.2, 0) is 6.42 Å². The quantitative estimate of drug-likeness (QED) is 0.737. The summed E-state index contributed by atoms with van der Waals surface area (Å²) in [5, 5.41) is 0.838. The van der Waals surface area contributed by atoms with Gasteiger partial charge in [-0.25, -0.2) is 4.98 Å². The third-order valence-electron chi connectivity index (χ3n) is 2.74. The van der Waals surface area contributed by atoms with Crippen LogP contribution >= 0.6 is 45.8 Å². The number of aromatic nitrogens is 2. The number of hydrogen-bond acceptors (Lipinski definition) is 2. The number of nitrogens with one attached hydrogen (secondary N) is 1. The molecule has 0 spiro atoms. The Bertz CT molecular complexity index is 698. The lowest BCUT2D eigenvalue weighted by Gasteiger charge is -2.10. The molecule has 0 atom stereocenters. The Kier molecular flexibility index (Phi) is 5.09. The van der Waals surface area contributed by atoms with Gasteiger partial charge < -0.3 is 4.98 Å².